The van der Waals surface area contributed by atoms with E-state index < -0.39 is 17.7 Å². The van der Waals surface area contributed by atoms with Crippen molar-refractivity contribution in [2.75, 3.05) is 13.6 Å². The van der Waals surface area contributed by atoms with E-state index in [1.807, 2.05) is 20.0 Å². The first-order valence-electron chi connectivity index (χ1n) is 9.88. The second-order valence-electron chi connectivity index (χ2n) is 7.63. The van der Waals surface area contributed by atoms with Gasteiger partial charge in [-0.1, -0.05) is 12.1 Å². The highest BCUT2D eigenvalue weighted by Gasteiger charge is 2.30. The number of esters is 1. The second-order valence-corrected chi connectivity index (χ2v) is 7.63. The lowest BCUT2D eigenvalue weighted by molar-refractivity contribution is -0.137. The van der Waals surface area contributed by atoms with Crippen LogP contribution in [0.15, 0.2) is 41.4 Å². The monoisotopic (exact) mass is 418 g/mol. The molecule has 1 aliphatic rings. The Balaban J connectivity index is 1.74. The van der Waals surface area contributed by atoms with Crippen LogP contribution in [0.5, 0.6) is 0 Å². The van der Waals surface area contributed by atoms with Gasteiger partial charge in [-0.05, 0) is 67.6 Å². The summed E-state index contributed by atoms with van der Waals surface area (Å²) in [5.74, 6) is 0.464. The van der Waals surface area contributed by atoms with E-state index >= 15 is 0 Å². The van der Waals surface area contributed by atoms with Gasteiger partial charge in [0.15, 0.2) is 0 Å². The maximum absolute atomic E-state index is 12.8. The molecule has 1 saturated heterocycles. The third kappa shape index (κ3) is 5.20. The molecule has 0 spiro atoms. The van der Waals surface area contributed by atoms with Crippen LogP contribution >= 0.6 is 0 Å². The highest BCUT2D eigenvalue weighted by Crippen LogP contribution is 2.30. The van der Waals surface area contributed by atoms with Gasteiger partial charge in [-0.3, -0.25) is 0 Å². The van der Waals surface area contributed by atoms with Gasteiger partial charge in [0.1, 0.15) is 12.4 Å². The predicted octanol–water partition coefficient (Wildman–Crippen LogP) is 5.82. The number of aliphatic imine (C=N–C) groups is 1. The molecule has 0 aliphatic carbocycles. The Morgan fingerprint density at radius 1 is 1.13 bits per heavy atom. The van der Waals surface area contributed by atoms with Crippen LogP contribution in [-0.2, 0) is 17.5 Å². The fourth-order valence-electron chi connectivity index (χ4n) is 3.44. The van der Waals surface area contributed by atoms with Gasteiger partial charge in [-0.25, -0.2) is 9.79 Å². The summed E-state index contributed by atoms with van der Waals surface area (Å²) >= 11 is 0. The first kappa shape index (κ1) is 21.9. The van der Waals surface area contributed by atoms with Crippen molar-refractivity contribution in [1.29, 1.82) is 0 Å². The number of rotatable bonds is 4. The highest BCUT2D eigenvalue weighted by molar-refractivity contribution is 5.92. The Kier molecular flexibility index (Phi) is 6.48. The highest BCUT2D eigenvalue weighted by atomic mass is 19.4. The van der Waals surface area contributed by atoms with Gasteiger partial charge in [0.05, 0.1) is 16.8 Å². The Morgan fingerprint density at radius 2 is 1.90 bits per heavy atom. The van der Waals surface area contributed by atoms with E-state index in [-0.39, 0.29) is 12.2 Å². The fraction of sp³-hybridized carbons (Fsp3) is 0.391. The number of benzene rings is 2. The van der Waals surface area contributed by atoms with E-state index in [4.69, 9.17) is 9.73 Å². The van der Waals surface area contributed by atoms with Gasteiger partial charge in [-0.15, -0.1) is 0 Å². The van der Waals surface area contributed by atoms with Gasteiger partial charge >= 0.3 is 12.1 Å². The number of amidine groups is 1. The van der Waals surface area contributed by atoms with Crippen molar-refractivity contribution in [2.24, 2.45) is 4.99 Å². The smallest absolute Gasteiger partial charge is 0.416 e. The lowest BCUT2D eigenvalue weighted by Gasteiger charge is -2.26. The van der Waals surface area contributed by atoms with Crippen molar-refractivity contribution in [3.05, 3.63) is 64.2 Å². The number of ether oxygens (including phenoxy) is 1. The molecule has 0 atom stereocenters. The van der Waals surface area contributed by atoms with Crippen molar-refractivity contribution in [1.82, 2.24) is 4.90 Å². The Morgan fingerprint density at radius 3 is 2.60 bits per heavy atom. The van der Waals surface area contributed by atoms with Crippen LogP contribution in [0.3, 0.4) is 0 Å². The number of aryl methyl sites for hydroxylation is 2. The minimum Gasteiger partial charge on any atom is -0.457 e. The first-order valence-corrected chi connectivity index (χ1v) is 9.88. The number of halogens is 3. The number of likely N-dealkylation sites (tertiary alicyclic amines) is 1. The van der Waals surface area contributed by atoms with Crippen LogP contribution in [0.4, 0.5) is 18.9 Å². The number of nitrogens with zero attached hydrogens (tertiary/aromatic N) is 2. The number of hydrogen-bond donors (Lipinski definition) is 0. The van der Waals surface area contributed by atoms with E-state index in [9.17, 15) is 18.0 Å². The molecule has 0 N–H and O–H groups in total. The van der Waals surface area contributed by atoms with Crippen molar-refractivity contribution < 1.29 is 22.7 Å². The summed E-state index contributed by atoms with van der Waals surface area (Å²) in [7, 11) is 2.03. The van der Waals surface area contributed by atoms with E-state index in [1.54, 1.807) is 13.0 Å². The summed E-state index contributed by atoms with van der Waals surface area (Å²) in [6.07, 6.45) is -1.24. The average molecular weight is 418 g/mol. The van der Waals surface area contributed by atoms with Crippen molar-refractivity contribution in [2.45, 2.75) is 45.9 Å². The SMILES string of the molecule is Cc1cc(C(=O)OCc2cccc(C(F)(F)F)c2)c(C)cc1/N=C1\CCCCN1C. The fourth-order valence-corrected chi connectivity index (χ4v) is 3.44. The second kappa shape index (κ2) is 8.90. The van der Waals surface area contributed by atoms with Gasteiger partial charge < -0.3 is 9.64 Å². The first-order chi connectivity index (χ1) is 14.1. The van der Waals surface area contributed by atoms with Crippen LogP contribution in [-0.4, -0.2) is 30.3 Å². The van der Waals surface area contributed by atoms with E-state index in [0.717, 1.165) is 55.0 Å². The maximum Gasteiger partial charge on any atom is 0.416 e. The third-order valence-corrected chi connectivity index (χ3v) is 5.22. The molecule has 0 aromatic heterocycles. The van der Waals surface area contributed by atoms with Crippen LogP contribution in [0, 0.1) is 13.8 Å². The van der Waals surface area contributed by atoms with Gasteiger partial charge in [0.2, 0.25) is 0 Å². The summed E-state index contributed by atoms with van der Waals surface area (Å²) in [5.41, 5.74) is 2.28. The van der Waals surface area contributed by atoms with Crippen molar-refractivity contribution >= 4 is 17.5 Å². The molecule has 1 fully saturated rings. The van der Waals surface area contributed by atoms with E-state index in [0.29, 0.717) is 11.1 Å². The minimum atomic E-state index is -4.43. The van der Waals surface area contributed by atoms with Crippen LogP contribution in [0.25, 0.3) is 0 Å². The van der Waals surface area contributed by atoms with Crippen LogP contribution in [0.2, 0.25) is 0 Å². The number of carbonyl (C=O) groups excluding carboxylic acids is 1. The number of piperidine rings is 1. The largest absolute Gasteiger partial charge is 0.457 e. The molecule has 0 amide bonds. The van der Waals surface area contributed by atoms with Gasteiger partial charge in [0.25, 0.3) is 0 Å². The Hall–Kier alpha value is -2.83. The average Bonchev–Trinajstić information content (AvgIpc) is 2.70. The molecule has 160 valence electrons. The van der Waals surface area contributed by atoms with Crippen LogP contribution < -0.4 is 0 Å². The lowest BCUT2D eigenvalue weighted by atomic mass is 10.0. The molecule has 4 nitrogen and oxygen atoms in total. The van der Waals surface area contributed by atoms with E-state index in [2.05, 4.69) is 4.90 Å². The zero-order valence-corrected chi connectivity index (χ0v) is 17.3. The molecule has 2 aromatic rings. The summed E-state index contributed by atoms with van der Waals surface area (Å²) in [5, 5.41) is 0. The van der Waals surface area contributed by atoms with Gasteiger partial charge in [-0.2, -0.15) is 13.2 Å². The Labute approximate surface area is 174 Å². The summed E-state index contributed by atoms with van der Waals surface area (Å²) in [6.45, 7) is 4.44. The summed E-state index contributed by atoms with van der Waals surface area (Å²) < 4.78 is 43.8. The molecule has 30 heavy (non-hydrogen) atoms. The number of hydrogen-bond acceptors (Lipinski definition) is 3. The molecule has 1 heterocycles. The Bertz CT molecular complexity index is 967. The summed E-state index contributed by atoms with van der Waals surface area (Å²) in [6, 6.07) is 8.36. The van der Waals surface area contributed by atoms with Crippen molar-refractivity contribution in [3.8, 4) is 0 Å². The molecular weight excluding hydrogens is 393 g/mol. The molecule has 0 saturated carbocycles. The molecule has 0 bridgehead atoms. The molecule has 7 heteroatoms. The normalized spacial score (nSPS) is 16.1. The van der Waals surface area contributed by atoms with Crippen molar-refractivity contribution in [3.63, 3.8) is 0 Å². The quantitative estimate of drug-likeness (QED) is 0.587. The summed E-state index contributed by atoms with van der Waals surface area (Å²) in [4.78, 5) is 19.5. The minimum absolute atomic E-state index is 0.226. The molecule has 0 unspecified atom stereocenters. The van der Waals surface area contributed by atoms with Crippen LogP contribution in [0.1, 0.15) is 51.9 Å². The maximum atomic E-state index is 12.8. The topological polar surface area (TPSA) is 41.9 Å². The molecule has 2 aromatic carbocycles. The molecule has 1 aliphatic heterocycles. The zero-order valence-electron chi connectivity index (χ0n) is 17.3. The molecule has 0 radical (unpaired) electrons. The number of carbonyl (C=O) groups is 1. The van der Waals surface area contributed by atoms with E-state index in [1.165, 1.54) is 12.1 Å². The standard InChI is InChI=1S/C23H25F3N2O2/c1-15-12-20(27-21-9-4-5-10-28(21)3)16(2)11-19(15)22(29)30-14-17-7-6-8-18(13-17)23(24,25)26/h6-8,11-13H,4-5,9-10,14H2,1-3H3/b27-21+. The van der Waals surface area contributed by atoms with Gasteiger partial charge in [0, 0.05) is 20.0 Å². The molecular formula is C23H25F3N2O2. The third-order valence-electron chi connectivity index (χ3n) is 5.22. The predicted molar refractivity (Wildman–Crippen MR) is 110 cm³/mol. The number of alkyl halides is 3. The molecule has 3 rings (SSSR count). The zero-order chi connectivity index (χ0) is 21.9. The lowest BCUT2D eigenvalue weighted by Crippen LogP contribution is -2.31.